The molecule has 0 radical (unpaired) electrons. The van der Waals surface area contributed by atoms with Crippen molar-refractivity contribution < 1.29 is 9.18 Å². The van der Waals surface area contributed by atoms with Gasteiger partial charge in [-0.25, -0.2) is 4.39 Å². The van der Waals surface area contributed by atoms with Crippen LogP contribution in [0.5, 0.6) is 0 Å². The summed E-state index contributed by atoms with van der Waals surface area (Å²) in [6, 6.07) is 10.5. The fourth-order valence-electron chi connectivity index (χ4n) is 1.46. The average Bonchev–Trinajstić information content (AvgIpc) is 2.28. The Bertz CT molecular complexity index is 583. The van der Waals surface area contributed by atoms with Crippen LogP contribution < -0.4 is 0 Å². The molecule has 0 aliphatic carbocycles. The second-order valence-electron chi connectivity index (χ2n) is 3.46. The zero-order valence-electron chi connectivity index (χ0n) is 8.58. The van der Waals surface area contributed by atoms with Gasteiger partial charge in [-0.3, -0.25) is 4.79 Å². The standard InChI is InChI=1S/C13H7BrClFO/c14-12-7-9(15)4-5-11(12)13(17)8-2-1-3-10(16)6-8/h1-7H. The summed E-state index contributed by atoms with van der Waals surface area (Å²) in [5.41, 5.74) is 0.771. The topological polar surface area (TPSA) is 17.1 Å². The molecule has 0 aliphatic rings. The van der Waals surface area contributed by atoms with E-state index in [1.165, 1.54) is 18.2 Å². The maximum absolute atomic E-state index is 13.0. The van der Waals surface area contributed by atoms with Crippen molar-refractivity contribution in [2.75, 3.05) is 0 Å². The third-order valence-electron chi connectivity index (χ3n) is 2.26. The lowest BCUT2D eigenvalue weighted by Crippen LogP contribution is -2.02. The molecule has 0 saturated carbocycles. The first-order valence-corrected chi connectivity index (χ1v) is 6.00. The van der Waals surface area contributed by atoms with Crippen molar-refractivity contribution in [2.45, 2.75) is 0 Å². The SMILES string of the molecule is O=C(c1cccc(F)c1)c1ccc(Cl)cc1Br. The molecule has 0 N–H and O–H groups in total. The Morgan fingerprint density at radius 3 is 2.59 bits per heavy atom. The third-order valence-corrected chi connectivity index (χ3v) is 3.15. The summed E-state index contributed by atoms with van der Waals surface area (Å²) < 4.78 is 13.6. The zero-order valence-corrected chi connectivity index (χ0v) is 10.9. The van der Waals surface area contributed by atoms with Gasteiger partial charge in [-0.05, 0) is 46.3 Å². The molecule has 2 rings (SSSR count). The molecule has 0 unspecified atom stereocenters. The molecule has 0 atom stereocenters. The molecule has 0 amide bonds. The lowest BCUT2D eigenvalue weighted by atomic mass is 10.0. The molecule has 0 bridgehead atoms. The second-order valence-corrected chi connectivity index (χ2v) is 4.75. The fourth-order valence-corrected chi connectivity index (χ4v) is 2.32. The smallest absolute Gasteiger partial charge is 0.194 e. The Morgan fingerprint density at radius 1 is 1.18 bits per heavy atom. The van der Waals surface area contributed by atoms with Crippen molar-refractivity contribution in [3.63, 3.8) is 0 Å². The van der Waals surface area contributed by atoms with Gasteiger partial charge in [-0.15, -0.1) is 0 Å². The van der Waals surface area contributed by atoms with Gasteiger partial charge in [0.25, 0.3) is 0 Å². The maximum atomic E-state index is 13.0. The van der Waals surface area contributed by atoms with Crippen molar-refractivity contribution in [1.29, 1.82) is 0 Å². The highest BCUT2D eigenvalue weighted by atomic mass is 79.9. The Labute approximate surface area is 111 Å². The summed E-state index contributed by atoms with van der Waals surface area (Å²) in [7, 11) is 0. The molecule has 0 saturated heterocycles. The van der Waals surface area contributed by atoms with E-state index in [1.807, 2.05) is 0 Å². The largest absolute Gasteiger partial charge is 0.289 e. The van der Waals surface area contributed by atoms with Crippen LogP contribution in [0, 0.1) is 5.82 Å². The predicted octanol–water partition coefficient (Wildman–Crippen LogP) is 4.47. The Hall–Kier alpha value is -1.19. The molecule has 0 fully saturated rings. The molecular weight excluding hydrogens is 306 g/mol. The minimum absolute atomic E-state index is 0.243. The second kappa shape index (κ2) is 4.98. The molecule has 17 heavy (non-hydrogen) atoms. The molecule has 0 spiro atoms. The Morgan fingerprint density at radius 2 is 1.94 bits per heavy atom. The van der Waals surface area contributed by atoms with Crippen LogP contribution in [0.25, 0.3) is 0 Å². The predicted molar refractivity (Wildman–Crippen MR) is 69.0 cm³/mol. The van der Waals surface area contributed by atoms with Gasteiger partial charge < -0.3 is 0 Å². The minimum atomic E-state index is -0.430. The van der Waals surface area contributed by atoms with E-state index in [4.69, 9.17) is 11.6 Å². The number of hydrogen-bond donors (Lipinski definition) is 0. The van der Waals surface area contributed by atoms with E-state index in [1.54, 1.807) is 24.3 Å². The van der Waals surface area contributed by atoms with Crippen molar-refractivity contribution in [3.8, 4) is 0 Å². The van der Waals surface area contributed by atoms with Crippen molar-refractivity contribution >= 4 is 33.3 Å². The van der Waals surface area contributed by atoms with Crippen LogP contribution in [0.4, 0.5) is 4.39 Å². The molecule has 0 aromatic heterocycles. The monoisotopic (exact) mass is 312 g/mol. The molecule has 0 heterocycles. The molecule has 1 nitrogen and oxygen atoms in total. The normalized spacial score (nSPS) is 10.3. The molecule has 0 aliphatic heterocycles. The van der Waals surface area contributed by atoms with Crippen molar-refractivity contribution in [2.24, 2.45) is 0 Å². The number of carbonyl (C=O) groups is 1. The molecule has 86 valence electrons. The summed E-state index contributed by atoms with van der Waals surface area (Å²) in [6.07, 6.45) is 0. The molecular formula is C13H7BrClFO. The first-order chi connectivity index (χ1) is 8.08. The van der Waals surface area contributed by atoms with E-state index < -0.39 is 5.82 Å². The highest BCUT2D eigenvalue weighted by Gasteiger charge is 2.13. The van der Waals surface area contributed by atoms with Gasteiger partial charge in [0.2, 0.25) is 0 Å². The van der Waals surface area contributed by atoms with E-state index in [0.717, 1.165) is 0 Å². The van der Waals surface area contributed by atoms with Crippen LogP contribution in [0.15, 0.2) is 46.9 Å². The van der Waals surface area contributed by atoms with Gasteiger partial charge in [0.15, 0.2) is 5.78 Å². The van der Waals surface area contributed by atoms with Gasteiger partial charge in [-0.2, -0.15) is 0 Å². The highest BCUT2D eigenvalue weighted by Crippen LogP contribution is 2.24. The van der Waals surface area contributed by atoms with Crippen LogP contribution >= 0.6 is 27.5 Å². The maximum Gasteiger partial charge on any atom is 0.194 e. The lowest BCUT2D eigenvalue weighted by Gasteiger charge is -2.04. The van der Waals surface area contributed by atoms with Crippen LogP contribution in [0.2, 0.25) is 5.02 Å². The Balaban J connectivity index is 2.44. The number of halogens is 3. The van der Waals surface area contributed by atoms with Gasteiger partial charge >= 0.3 is 0 Å². The summed E-state index contributed by atoms with van der Waals surface area (Å²) >= 11 is 9.06. The zero-order chi connectivity index (χ0) is 12.4. The molecule has 2 aromatic rings. The van der Waals surface area contributed by atoms with Gasteiger partial charge in [0.1, 0.15) is 5.82 Å². The quantitative estimate of drug-likeness (QED) is 0.748. The summed E-state index contributed by atoms with van der Waals surface area (Å²) in [4.78, 5) is 12.1. The van der Waals surface area contributed by atoms with Crippen LogP contribution in [-0.4, -0.2) is 5.78 Å². The lowest BCUT2D eigenvalue weighted by molar-refractivity contribution is 0.103. The first-order valence-electron chi connectivity index (χ1n) is 4.83. The summed E-state index contributed by atoms with van der Waals surface area (Å²) in [6.45, 7) is 0. The van der Waals surface area contributed by atoms with E-state index in [2.05, 4.69) is 15.9 Å². The van der Waals surface area contributed by atoms with Crippen molar-refractivity contribution in [3.05, 3.63) is 68.9 Å². The number of benzene rings is 2. The van der Waals surface area contributed by atoms with E-state index in [-0.39, 0.29) is 5.78 Å². The molecule has 4 heteroatoms. The number of carbonyl (C=O) groups excluding carboxylic acids is 1. The fraction of sp³-hybridized carbons (Fsp3) is 0. The minimum Gasteiger partial charge on any atom is -0.289 e. The van der Waals surface area contributed by atoms with Crippen LogP contribution in [-0.2, 0) is 0 Å². The number of ketones is 1. The third kappa shape index (κ3) is 2.73. The van der Waals surface area contributed by atoms with Crippen molar-refractivity contribution in [1.82, 2.24) is 0 Å². The number of rotatable bonds is 2. The summed E-state index contributed by atoms with van der Waals surface area (Å²) in [5.74, 6) is -0.672. The van der Waals surface area contributed by atoms with E-state index in [0.29, 0.717) is 20.6 Å². The highest BCUT2D eigenvalue weighted by molar-refractivity contribution is 9.10. The summed E-state index contributed by atoms with van der Waals surface area (Å²) in [5, 5.41) is 0.535. The van der Waals surface area contributed by atoms with Crippen LogP contribution in [0.3, 0.4) is 0 Å². The first kappa shape index (κ1) is 12.3. The van der Waals surface area contributed by atoms with Gasteiger partial charge in [-0.1, -0.05) is 23.7 Å². The molecule has 2 aromatic carbocycles. The van der Waals surface area contributed by atoms with Gasteiger partial charge in [0, 0.05) is 20.6 Å². The Kier molecular flexibility index (Phi) is 3.60. The number of hydrogen-bond acceptors (Lipinski definition) is 1. The average molecular weight is 314 g/mol. The van der Waals surface area contributed by atoms with Gasteiger partial charge in [0.05, 0.1) is 0 Å². The van der Waals surface area contributed by atoms with E-state index in [9.17, 15) is 9.18 Å². The van der Waals surface area contributed by atoms with E-state index >= 15 is 0 Å². The van der Waals surface area contributed by atoms with Crippen LogP contribution in [0.1, 0.15) is 15.9 Å².